The summed E-state index contributed by atoms with van der Waals surface area (Å²) in [5, 5.41) is 18.6. The molecule has 2 N–H and O–H groups in total. The van der Waals surface area contributed by atoms with E-state index in [0.29, 0.717) is 12.4 Å². The largest absolute Gasteiger partial charge is 1.00 e. The van der Waals surface area contributed by atoms with Crippen LogP contribution >= 0.6 is 0 Å². The number of benzene rings is 1. The van der Waals surface area contributed by atoms with Gasteiger partial charge in [-0.2, -0.15) is 0 Å². The number of aliphatic hydroxyl groups excluding tert-OH is 2. The first-order valence-corrected chi connectivity index (χ1v) is 9.85. The highest BCUT2D eigenvalue weighted by atomic mass is 79.9. The van der Waals surface area contributed by atoms with Crippen LogP contribution in [0.1, 0.15) is 46.0 Å². The predicted octanol–water partition coefficient (Wildman–Crippen LogP) is 0.00230. The SMILES string of the molecule is CC[N+](C)(CC)CCO.O=C(Oc1ccccc1)C(O)C1CCCCC1.[Br-]. The smallest absolute Gasteiger partial charge is 0.340 e. The second kappa shape index (κ2) is 14.1. The van der Waals surface area contributed by atoms with E-state index in [4.69, 9.17) is 9.84 Å². The van der Waals surface area contributed by atoms with Crippen molar-refractivity contribution in [2.24, 2.45) is 5.92 Å². The van der Waals surface area contributed by atoms with Crippen LogP contribution in [0.3, 0.4) is 0 Å². The Labute approximate surface area is 174 Å². The lowest BCUT2D eigenvalue weighted by Crippen LogP contribution is -3.00. The van der Waals surface area contributed by atoms with Gasteiger partial charge in [-0.1, -0.05) is 37.5 Å². The fourth-order valence-electron chi connectivity index (χ4n) is 3.09. The fraction of sp³-hybridized carbons (Fsp3) is 0.667. The molecule has 1 aliphatic carbocycles. The number of para-hydroxylation sites is 1. The molecule has 0 saturated heterocycles. The molecule has 0 bridgehead atoms. The van der Waals surface area contributed by atoms with Gasteiger partial charge in [0.2, 0.25) is 0 Å². The number of likely N-dealkylation sites (N-methyl/N-ethyl adjacent to an activating group) is 1. The van der Waals surface area contributed by atoms with E-state index in [0.717, 1.165) is 49.8 Å². The number of carbonyl (C=O) groups excluding carboxylic acids is 1. The van der Waals surface area contributed by atoms with Crippen LogP contribution in [-0.2, 0) is 4.79 Å². The van der Waals surface area contributed by atoms with E-state index in [1.165, 1.54) is 6.42 Å². The lowest BCUT2D eigenvalue weighted by Gasteiger charge is -2.31. The van der Waals surface area contributed by atoms with Crippen LogP contribution in [0.25, 0.3) is 0 Å². The molecule has 1 fully saturated rings. The molecule has 1 aromatic carbocycles. The van der Waals surface area contributed by atoms with Gasteiger partial charge in [0.25, 0.3) is 0 Å². The quantitative estimate of drug-likeness (QED) is 0.352. The molecule has 0 aromatic heterocycles. The third-order valence-electron chi connectivity index (χ3n) is 5.47. The molecule has 156 valence electrons. The van der Waals surface area contributed by atoms with Gasteiger partial charge in [0.15, 0.2) is 6.10 Å². The second-order valence-corrected chi connectivity index (χ2v) is 7.28. The van der Waals surface area contributed by atoms with Crippen molar-refractivity contribution in [1.29, 1.82) is 0 Å². The number of esters is 1. The van der Waals surface area contributed by atoms with Crippen molar-refractivity contribution >= 4 is 5.97 Å². The monoisotopic (exact) mass is 445 g/mol. The van der Waals surface area contributed by atoms with Crippen LogP contribution in [-0.4, -0.2) is 60.1 Å². The maximum atomic E-state index is 11.7. The minimum Gasteiger partial charge on any atom is -1.00 e. The Morgan fingerprint density at radius 2 is 1.70 bits per heavy atom. The van der Waals surface area contributed by atoms with Crippen LogP contribution in [0.4, 0.5) is 0 Å². The summed E-state index contributed by atoms with van der Waals surface area (Å²) in [5.74, 6) is 0.0374. The lowest BCUT2D eigenvalue weighted by molar-refractivity contribution is -0.906. The number of hydrogen-bond donors (Lipinski definition) is 2. The molecule has 0 spiro atoms. The van der Waals surface area contributed by atoms with Gasteiger partial charge in [0, 0.05) is 0 Å². The Balaban J connectivity index is 0.000000584. The number of aliphatic hydroxyl groups is 2. The lowest BCUT2D eigenvalue weighted by atomic mass is 9.85. The van der Waals surface area contributed by atoms with E-state index >= 15 is 0 Å². The summed E-state index contributed by atoms with van der Waals surface area (Å²) in [6.45, 7) is 7.71. The normalized spacial score (nSPS) is 15.7. The molecular weight excluding hydrogens is 410 g/mol. The third kappa shape index (κ3) is 9.70. The zero-order chi connectivity index (χ0) is 19.4. The molecule has 5 nitrogen and oxygen atoms in total. The highest BCUT2D eigenvalue weighted by Gasteiger charge is 2.28. The first-order chi connectivity index (χ1) is 12.5. The van der Waals surface area contributed by atoms with E-state index in [1.807, 2.05) is 6.07 Å². The second-order valence-electron chi connectivity index (χ2n) is 7.28. The molecule has 1 unspecified atom stereocenters. The average Bonchev–Trinajstić information content (AvgIpc) is 2.69. The maximum Gasteiger partial charge on any atom is 0.340 e. The number of rotatable bonds is 7. The summed E-state index contributed by atoms with van der Waals surface area (Å²) in [7, 11) is 2.16. The van der Waals surface area contributed by atoms with Crippen molar-refractivity contribution in [3.63, 3.8) is 0 Å². The summed E-state index contributed by atoms with van der Waals surface area (Å²) < 4.78 is 6.12. The number of halogens is 1. The van der Waals surface area contributed by atoms with Crippen LogP contribution in [0.5, 0.6) is 5.75 Å². The molecule has 1 saturated carbocycles. The Hall–Kier alpha value is -0.950. The highest BCUT2D eigenvalue weighted by Crippen LogP contribution is 2.27. The van der Waals surface area contributed by atoms with Crippen molar-refractivity contribution in [2.45, 2.75) is 52.1 Å². The topological polar surface area (TPSA) is 66.8 Å². The van der Waals surface area contributed by atoms with E-state index < -0.39 is 12.1 Å². The van der Waals surface area contributed by atoms with Crippen molar-refractivity contribution in [1.82, 2.24) is 0 Å². The third-order valence-corrected chi connectivity index (χ3v) is 5.47. The molecular formula is C21H36BrNO4. The van der Waals surface area contributed by atoms with Gasteiger partial charge in [-0.3, -0.25) is 0 Å². The van der Waals surface area contributed by atoms with Crippen LogP contribution in [0.15, 0.2) is 30.3 Å². The van der Waals surface area contributed by atoms with Crippen LogP contribution < -0.4 is 21.7 Å². The molecule has 0 heterocycles. The van der Waals surface area contributed by atoms with E-state index in [-0.39, 0.29) is 22.9 Å². The standard InChI is InChI=1S/C14H18O3.C7H18NO.BrH/c15-13(11-7-3-1-4-8-11)14(16)17-12-9-5-2-6-10-12;1-4-8(3,5-2)6-7-9;/h2,5-6,9-11,13,15H,1,3-4,7-8H2;9H,4-7H2,1-3H3;1H/q;+1;/p-1. The van der Waals surface area contributed by atoms with Gasteiger partial charge in [-0.15, -0.1) is 0 Å². The Morgan fingerprint density at radius 3 is 2.15 bits per heavy atom. The van der Waals surface area contributed by atoms with Gasteiger partial charge in [-0.05, 0) is 44.7 Å². The molecule has 6 heteroatoms. The van der Waals surface area contributed by atoms with Crippen molar-refractivity contribution in [3.8, 4) is 5.75 Å². The maximum absolute atomic E-state index is 11.7. The van der Waals surface area contributed by atoms with E-state index in [2.05, 4.69) is 20.9 Å². The summed E-state index contributed by atoms with van der Waals surface area (Å²) in [6, 6.07) is 8.89. The summed E-state index contributed by atoms with van der Waals surface area (Å²) >= 11 is 0. The summed E-state index contributed by atoms with van der Waals surface area (Å²) in [5.41, 5.74) is 0. The Kier molecular flexibility index (Phi) is 13.6. The van der Waals surface area contributed by atoms with Gasteiger partial charge in [0.1, 0.15) is 12.3 Å². The molecule has 0 aliphatic heterocycles. The first-order valence-electron chi connectivity index (χ1n) is 9.85. The first kappa shape index (κ1) is 26.1. The van der Waals surface area contributed by atoms with Crippen molar-refractivity contribution in [3.05, 3.63) is 30.3 Å². The fourth-order valence-corrected chi connectivity index (χ4v) is 3.09. The zero-order valence-electron chi connectivity index (χ0n) is 16.9. The minimum absolute atomic E-state index is 0. The summed E-state index contributed by atoms with van der Waals surface area (Å²) in [6.07, 6.45) is 4.27. The van der Waals surface area contributed by atoms with E-state index in [9.17, 15) is 9.90 Å². The average molecular weight is 446 g/mol. The molecule has 0 amide bonds. The van der Waals surface area contributed by atoms with Crippen LogP contribution in [0, 0.1) is 5.92 Å². The van der Waals surface area contributed by atoms with Crippen LogP contribution in [0.2, 0.25) is 0 Å². The zero-order valence-corrected chi connectivity index (χ0v) is 18.5. The highest BCUT2D eigenvalue weighted by molar-refractivity contribution is 5.77. The molecule has 1 aliphatic rings. The molecule has 2 rings (SSSR count). The number of quaternary nitrogens is 1. The van der Waals surface area contributed by atoms with Crippen molar-refractivity contribution in [2.75, 3.05) is 33.3 Å². The van der Waals surface area contributed by atoms with Gasteiger partial charge >= 0.3 is 5.97 Å². The summed E-state index contributed by atoms with van der Waals surface area (Å²) in [4.78, 5) is 11.7. The van der Waals surface area contributed by atoms with Gasteiger partial charge in [0.05, 0.1) is 26.7 Å². The van der Waals surface area contributed by atoms with Gasteiger partial charge < -0.3 is 36.4 Å². The molecule has 1 aromatic rings. The Morgan fingerprint density at radius 1 is 1.15 bits per heavy atom. The van der Waals surface area contributed by atoms with Gasteiger partial charge in [-0.25, -0.2) is 4.79 Å². The number of ether oxygens (including phenoxy) is 1. The number of carbonyl (C=O) groups is 1. The van der Waals surface area contributed by atoms with Crippen molar-refractivity contribution < 1.29 is 41.2 Å². The predicted molar refractivity (Wildman–Crippen MR) is 104 cm³/mol. The van der Waals surface area contributed by atoms with E-state index in [1.54, 1.807) is 24.3 Å². The minimum atomic E-state index is -0.976. The molecule has 1 atom stereocenters. The molecule has 0 radical (unpaired) electrons. The Bertz CT molecular complexity index is 502. The number of nitrogens with zero attached hydrogens (tertiary/aromatic N) is 1. The molecule has 27 heavy (non-hydrogen) atoms. The number of hydrogen-bond acceptors (Lipinski definition) is 4.